The molecule has 2 N–H and O–H groups in total. The van der Waals surface area contributed by atoms with Gasteiger partial charge < -0.3 is 15.1 Å². The van der Waals surface area contributed by atoms with Gasteiger partial charge in [0, 0.05) is 31.1 Å². The van der Waals surface area contributed by atoms with Crippen LogP contribution in [0.3, 0.4) is 0 Å². The Balaban J connectivity index is 1.84. The van der Waals surface area contributed by atoms with Gasteiger partial charge in [-0.1, -0.05) is 6.58 Å². The fourth-order valence-corrected chi connectivity index (χ4v) is 2.62. The summed E-state index contributed by atoms with van der Waals surface area (Å²) in [7, 11) is 0. The Kier molecular flexibility index (Phi) is 4.61. The highest BCUT2D eigenvalue weighted by molar-refractivity contribution is 5.81. The Labute approximate surface area is 144 Å². The van der Waals surface area contributed by atoms with Crippen molar-refractivity contribution in [3.63, 3.8) is 0 Å². The Morgan fingerprint density at radius 2 is 2.32 bits per heavy atom. The van der Waals surface area contributed by atoms with E-state index in [1.165, 1.54) is 24.5 Å². The number of nitrogens with zero attached hydrogens (tertiary/aromatic N) is 4. The van der Waals surface area contributed by atoms with Gasteiger partial charge >= 0.3 is 0 Å². The molecule has 0 aliphatic carbocycles. The molecule has 0 unspecified atom stereocenters. The first-order valence-electron chi connectivity index (χ1n) is 7.65. The van der Waals surface area contributed by atoms with Crippen LogP contribution in [0.15, 0.2) is 46.5 Å². The summed E-state index contributed by atoms with van der Waals surface area (Å²) in [5.74, 6) is 0.661. The highest BCUT2D eigenvalue weighted by atomic mass is 19.1. The van der Waals surface area contributed by atoms with Crippen LogP contribution in [0.25, 0.3) is 5.70 Å². The molecule has 126 valence electrons. The molecule has 0 saturated heterocycles. The van der Waals surface area contributed by atoms with Gasteiger partial charge in [-0.2, -0.15) is 5.26 Å². The highest BCUT2D eigenvalue weighted by Crippen LogP contribution is 2.27. The van der Waals surface area contributed by atoms with Gasteiger partial charge in [0.05, 0.1) is 23.9 Å². The van der Waals surface area contributed by atoms with E-state index < -0.39 is 5.82 Å². The van der Waals surface area contributed by atoms with Crippen LogP contribution in [-0.4, -0.2) is 17.7 Å². The molecular weight excluding hydrogens is 321 g/mol. The minimum absolute atomic E-state index is 0.287. The van der Waals surface area contributed by atoms with Gasteiger partial charge in [-0.15, -0.1) is 0 Å². The third-order valence-corrected chi connectivity index (χ3v) is 3.80. The predicted octanol–water partition coefficient (Wildman–Crippen LogP) is 2.76. The van der Waals surface area contributed by atoms with Crippen LogP contribution in [0.1, 0.15) is 22.9 Å². The van der Waals surface area contributed by atoms with Crippen LogP contribution in [0.2, 0.25) is 0 Å². The van der Waals surface area contributed by atoms with Crippen molar-refractivity contribution >= 4 is 17.6 Å². The fraction of sp³-hybridized carbons (Fsp3) is 0.167. The normalized spacial score (nSPS) is 14.4. The molecule has 2 aromatic rings. The van der Waals surface area contributed by atoms with Crippen molar-refractivity contribution in [2.24, 2.45) is 10.7 Å². The zero-order valence-electron chi connectivity index (χ0n) is 13.4. The second-order valence-corrected chi connectivity index (χ2v) is 5.47. The van der Waals surface area contributed by atoms with Gasteiger partial charge in [0.2, 0.25) is 5.89 Å². The van der Waals surface area contributed by atoms with E-state index in [0.29, 0.717) is 36.8 Å². The summed E-state index contributed by atoms with van der Waals surface area (Å²) in [6, 6.07) is 6.25. The molecule has 1 aliphatic rings. The van der Waals surface area contributed by atoms with Crippen molar-refractivity contribution in [1.82, 2.24) is 4.98 Å². The minimum Gasteiger partial charge on any atom is -0.440 e. The summed E-state index contributed by atoms with van der Waals surface area (Å²) >= 11 is 0. The lowest BCUT2D eigenvalue weighted by Crippen LogP contribution is -2.30. The highest BCUT2D eigenvalue weighted by Gasteiger charge is 2.23. The molecule has 3 rings (SSSR count). The Morgan fingerprint density at radius 3 is 3.08 bits per heavy atom. The predicted molar refractivity (Wildman–Crippen MR) is 93.2 cm³/mol. The summed E-state index contributed by atoms with van der Waals surface area (Å²) in [5, 5.41) is 9.00. The van der Waals surface area contributed by atoms with Crippen LogP contribution >= 0.6 is 0 Å². The van der Waals surface area contributed by atoms with Crippen LogP contribution in [-0.2, 0) is 13.0 Å². The summed E-state index contributed by atoms with van der Waals surface area (Å²) in [5.41, 5.74) is 7.98. The molecule has 0 atom stereocenters. The van der Waals surface area contributed by atoms with Crippen LogP contribution in [0.4, 0.5) is 10.1 Å². The van der Waals surface area contributed by atoms with E-state index in [-0.39, 0.29) is 5.56 Å². The van der Waals surface area contributed by atoms with Crippen LogP contribution < -0.4 is 10.6 Å². The number of benzene rings is 1. The maximum absolute atomic E-state index is 13.7. The largest absolute Gasteiger partial charge is 0.440 e. The van der Waals surface area contributed by atoms with Crippen molar-refractivity contribution < 1.29 is 8.81 Å². The smallest absolute Gasteiger partial charge is 0.242 e. The molecule has 1 aliphatic heterocycles. The number of hydrogen-bond acceptors (Lipinski definition) is 6. The van der Waals surface area contributed by atoms with Crippen molar-refractivity contribution in [3.05, 3.63) is 65.8 Å². The Bertz CT molecular complexity index is 907. The molecular formula is C18H16FN5O. The maximum Gasteiger partial charge on any atom is 0.242 e. The average Bonchev–Trinajstić information content (AvgIpc) is 3.04. The molecule has 0 saturated carbocycles. The van der Waals surface area contributed by atoms with E-state index >= 15 is 0 Å². The molecule has 25 heavy (non-hydrogen) atoms. The number of hydrogen-bond donors (Lipinski definition) is 1. The summed E-state index contributed by atoms with van der Waals surface area (Å²) in [6.45, 7) is 4.58. The van der Waals surface area contributed by atoms with Crippen molar-refractivity contribution in [2.75, 3.05) is 11.4 Å². The molecule has 0 radical (unpaired) electrons. The SMILES string of the molecule is C=C/N=C\C=C(/N)c1nc2c(o1)CCN(c1cc(F)cc(C#N)c1)C2. The molecule has 1 aromatic carbocycles. The summed E-state index contributed by atoms with van der Waals surface area (Å²) in [6.07, 6.45) is 5.11. The average molecular weight is 337 g/mol. The van der Waals surface area contributed by atoms with Gasteiger partial charge in [-0.3, -0.25) is 4.99 Å². The number of halogens is 1. The number of fused-ring (bicyclic) bond motifs is 1. The number of aromatic nitrogens is 1. The molecule has 0 amide bonds. The van der Waals surface area contributed by atoms with Gasteiger partial charge in [0.1, 0.15) is 17.3 Å². The van der Waals surface area contributed by atoms with E-state index in [0.717, 1.165) is 11.5 Å². The molecule has 6 nitrogen and oxygen atoms in total. The van der Waals surface area contributed by atoms with Gasteiger partial charge in [0.25, 0.3) is 0 Å². The first-order chi connectivity index (χ1) is 12.1. The summed E-state index contributed by atoms with van der Waals surface area (Å²) in [4.78, 5) is 10.2. The molecule has 1 aromatic heterocycles. The number of rotatable bonds is 4. The number of oxazole rings is 1. The number of nitrogens with two attached hydrogens (primary N) is 1. The lowest BCUT2D eigenvalue weighted by Gasteiger charge is -2.27. The number of allylic oxidation sites excluding steroid dienone is 1. The first-order valence-corrected chi connectivity index (χ1v) is 7.65. The second-order valence-electron chi connectivity index (χ2n) is 5.47. The van der Waals surface area contributed by atoms with Crippen LogP contribution in [0.5, 0.6) is 0 Å². The van der Waals surface area contributed by atoms with Gasteiger partial charge in [-0.05, 0) is 24.3 Å². The second kappa shape index (κ2) is 7.01. The molecule has 0 bridgehead atoms. The van der Waals surface area contributed by atoms with Crippen LogP contribution in [0, 0.1) is 17.1 Å². The zero-order valence-corrected chi connectivity index (χ0v) is 13.4. The molecule has 2 heterocycles. The zero-order chi connectivity index (χ0) is 17.8. The van der Waals surface area contributed by atoms with Crippen molar-refractivity contribution in [3.8, 4) is 6.07 Å². The van der Waals surface area contributed by atoms with E-state index in [2.05, 4.69) is 16.6 Å². The molecule has 0 spiro atoms. The lowest BCUT2D eigenvalue weighted by atomic mass is 10.1. The summed E-state index contributed by atoms with van der Waals surface area (Å²) < 4.78 is 19.4. The van der Waals surface area contributed by atoms with E-state index in [4.69, 9.17) is 15.4 Å². The molecule has 7 heteroatoms. The van der Waals surface area contributed by atoms with Gasteiger partial charge in [0.15, 0.2) is 0 Å². The van der Waals surface area contributed by atoms with E-state index in [1.54, 1.807) is 12.1 Å². The van der Waals surface area contributed by atoms with E-state index in [9.17, 15) is 4.39 Å². The minimum atomic E-state index is -0.436. The standard InChI is InChI=1S/C18H16FN5O/c1-2-22-5-3-15(21)18-23-16-11-24(6-4-17(16)25-18)14-8-12(10-20)7-13(19)9-14/h2-3,5,7-9H,1,4,6,11,21H2/b15-3-,22-5-. The third kappa shape index (κ3) is 3.58. The number of anilines is 1. The quantitative estimate of drug-likeness (QED) is 0.866. The third-order valence-electron chi connectivity index (χ3n) is 3.80. The maximum atomic E-state index is 13.7. The lowest BCUT2D eigenvalue weighted by molar-refractivity contribution is 0.477. The Hall–Kier alpha value is -3.40. The topological polar surface area (TPSA) is 91.4 Å². The van der Waals surface area contributed by atoms with Crippen molar-refractivity contribution in [1.29, 1.82) is 5.26 Å². The van der Waals surface area contributed by atoms with E-state index in [1.807, 2.05) is 11.0 Å². The monoisotopic (exact) mass is 337 g/mol. The van der Waals surface area contributed by atoms with Crippen molar-refractivity contribution in [2.45, 2.75) is 13.0 Å². The number of nitriles is 1. The molecule has 0 fully saturated rings. The Morgan fingerprint density at radius 1 is 1.48 bits per heavy atom. The fourth-order valence-electron chi connectivity index (χ4n) is 2.62. The first kappa shape index (κ1) is 16.5. The number of aliphatic imine (C=N–C) groups is 1. The van der Waals surface area contributed by atoms with Gasteiger partial charge in [-0.25, -0.2) is 9.37 Å².